The van der Waals surface area contributed by atoms with E-state index in [4.69, 9.17) is 41.8 Å². The number of Topliss-reactive ketones (excluding diaryl/α,β-unsaturated/α-hetero) is 1. The first-order valence-corrected chi connectivity index (χ1v) is 17.1. The number of ether oxygens (including phenoxy) is 3. The van der Waals surface area contributed by atoms with Crippen molar-refractivity contribution in [3.05, 3.63) is 112 Å². The van der Waals surface area contributed by atoms with Crippen LogP contribution in [0.25, 0.3) is 11.0 Å². The normalized spacial score (nSPS) is 14.5. The van der Waals surface area contributed by atoms with E-state index in [9.17, 15) is 14.7 Å². The number of thioether (sulfide) groups is 1. The molecule has 2 aromatic heterocycles. The van der Waals surface area contributed by atoms with E-state index in [1.165, 1.54) is 23.8 Å². The Kier molecular flexibility index (Phi) is 9.97. The Balaban J connectivity index is 1.41. The van der Waals surface area contributed by atoms with Crippen molar-refractivity contribution in [2.24, 2.45) is 0 Å². The van der Waals surface area contributed by atoms with Gasteiger partial charge in [0.1, 0.15) is 6.61 Å². The zero-order valence-electron chi connectivity index (χ0n) is 25.6. The molecule has 5 aromatic rings. The van der Waals surface area contributed by atoms with E-state index >= 15 is 0 Å². The fraction of sp³-hybridized carbons (Fsp3) is 0.176. The summed E-state index contributed by atoms with van der Waals surface area (Å²) >= 11 is 14.9. The molecule has 1 aliphatic rings. The van der Waals surface area contributed by atoms with Crippen molar-refractivity contribution >= 4 is 74.1 Å². The maximum atomic E-state index is 14.2. The SMILES string of the molecule is C=CCOc1ccc(C2C(C(=O)c3cc4cccc(OC)c4o3)=C(O)C(=O)N2c2nnc(SCc3ccc(Cl)cc3Cl)s2)cc1OCC. The standard InChI is InChI=1S/C34H27Cl2N3O7S2/c1-4-13-45-23-12-10-18(14-25(23)44-5-2)28-27(29(40)26-15-19-7-6-8-24(43-3)31(19)46-26)30(41)32(42)39(28)33-37-38-34(48-33)47-17-20-9-11-21(35)16-22(20)36/h4,6-12,14-16,28,41H,1,5,13,17H2,2-3H3. The number of halogens is 2. The molecule has 6 rings (SSSR count). The van der Waals surface area contributed by atoms with Gasteiger partial charge in [0.05, 0.1) is 25.3 Å². The third-order valence-corrected chi connectivity index (χ3v) is 10.0. The Morgan fingerprint density at radius 2 is 1.94 bits per heavy atom. The highest BCUT2D eigenvalue weighted by Crippen LogP contribution is 2.46. The summed E-state index contributed by atoms with van der Waals surface area (Å²) in [6.07, 6.45) is 1.60. The van der Waals surface area contributed by atoms with Gasteiger partial charge < -0.3 is 23.7 Å². The Labute approximate surface area is 293 Å². The van der Waals surface area contributed by atoms with Gasteiger partial charge in [0.2, 0.25) is 10.9 Å². The van der Waals surface area contributed by atoms with Crippen molar-refractivity contribution in [3.8, 4) is 17.2 Å². The predicted octanol–water partition coefficient (Wildman–Crippen LogP) is 8.64. The van der Waals surface area contributed by atoms with Crippen LogP contribution in [-0.2, 0) is 10.5 Å². The van der Waals surface area contributed by atoms with E-state index in [0.717, 1.165) is 16.9 Å². The summed E-state index contributed by atoms with van der Waals surface area (Å²) in [5, 5.41) is 21.7. The van der Waals surface area contributed by atoms with Gasteiger partial charge in [-0.3, -0.25) is 14.5 Å². The average Bonchev–Trinajstić information content (AvgIpc) is 3.80. The number of ketones is 1. The van der Waals surface area contributed by atoms with Crippen LogP contribution in [0.4, 0.5) is 5.13 Å². The number of carbonyl (C=O) groups is 2. The Morgan fingerprint density at radius 1 is 1.10 bits per heavy atom. The van der Waals surface area contributed by atoms with Crippen LogP contribution in [0, 0.1) is 0 Å². The molecule has 0 fully saturated rings. The number of rotatable bonds is 13. The molecule has 0 saturated carbocycles. The third-order valence-electron chi connectivity index (χ3n) is 7.31. The fourth-order valence-electron chi connectivity index (χ4n) is 5.16. The molecule has 1 N–H and O–H groups in total. The maximum absolute atomic E-state index is 14.2. The zero-order valence-corrected chi connectivity index (χ0v) is 28.7. The van der Waals surface area contributed by atoms with Crippen LogP contribution in [0.3, 0.4) is 0 Å². The van der Waals surface area contributed by atoms with Crippen LogP contribution in [0.2, 0.25) is 10.0 Å². The highest BCUT2D eigenvalue weighted by Gasteiger charge is 2.47. The largest absolute Gasteiger partial charge is 0.503 e. The van der Waals surface area contributed by atoms with Gasteiger partial charge in [-0.1, -0.05) is 83.2 Å². The van der Waals surface area contributed by atoms with E-state index in [0.29, 0.717) is 60.5 Å². The first-order valence-electron chi connectivity index (χ1n) is 14.5. The van der Waals surface area contributed by atoms with Gasteiger partial charge >= 0.3 is 0 Å². The molecule has 1 aliphatic heterocycles. The van der Waals surface area contributed by atoms with Crippen molar-refractivity contribution in [1.29, 1.82) is 0 Å². The number of carbonyl (C=O) groups excluding carboxylic acids is 2. The molecular formula is C34H27Cl2N3O7S2. The van der Waals surface area contributed by atoms with Crippen LogP contribution < -0.4 is 19.1 Å². The molecule has 48 heavy (non-hydrogen) atoms. The molecule has 0 aliphatic carbocycles. The molecule has 1 atom stereocenters. The summed E-state index contributed by atoms with van der Waals surface area (Å²) in [5.74, 6) is -0.611. The molecule has 0 radical (unpaired) electrons. The molecular weight excluding hydrogens is 697 g/mol. The van der Waals surface area contributed by atoms with Gasteiger partial charge in [-0.25, -0.2) is 0 Å². The van der Waals surface area contributed by atoms with E-state index in [1.807, 2.05) is 13.0 Å². The summed E-state index contributed by atoms with van der Waals surface area (Å²) in [6, 6.07) is 15.9. The van der Waals surface area contributed by atoms with Crippen molar-refractivity contribution < 1.29 is 33.3 Å². The second-order valence-corrected chi connectivity index (χ2v) is 13.3. The van der Waals surface area contributed by atoms with E-state index < -0.39 is 23.5 Å². The summed E-state index contributed by atoms with van der Waals surface area (Å²) in [4.78, 5) is 29.3. The number of methoxy groups -OCH3 is 1. The lowest BCUT2D eigenvalue weighted by Gasteiger charge is -2.24. The number of hydrogen-bond donors (Lipinski definition) is 1. The smallest absolute Gasteiger partial charge is 0.296 e. The molecule has 0 bridgehead atoms. The molecule has 0 spiro atoms. The Morgan fingerprint density at radius 3 is 2.69 bits per heavy atom. The minimum atomic E-state index is -1.12. The Hall–Kier alpha value is -4.49. The van der Waals surface area contributed by atoms with Crippen LogP contribution in [0.5, 0.6) is 17.2 Å². The molecule has 3 aromatic carbocycles. The number of anilines is 1. The van der Waals surface area contributed by atoms with Gasteiger partial charge in [0.25, 0.3) is 5.91 Å². The minimum Gasteiger partial charge on any atom is -0.503 e. The number of furan rings is 1. The summed E-state index contributed by atoms with van der Waals surface area (Å²) in [7, 11) is 1.49. The van der Waals surface area contributed by atoms with Gasteiger partial charge in [0.15, 0.2) is 38.7 Å². The highest BCUT2D eigenvalue weighted by molar-refractivity contribution is 8.00. The van der Waals surface area contributed by atoms with Gasteiger partial charge in [-0.15, -0.1) is 10.2 Å². The lowest BCUT2D eigenvalue weighted by atomic mass is 9.95. The van der Waals surface area contributed by atoms with Crippen molar-refractivity contribution in [2.45, 2.75) is 23.1 Å². The number of hydrogen-bond acceptors (Lipinski definition) is 11. The predicted molar refractivity (Wildman–Crippen MR) is 186 cm³/mol. The molecule has 1 unspecified atom stereocenters. The monoisotopic (exact) mass is 723 g/mol. The van der Waals surface area contributed by atoms with Crippen molar-refractivity contribution in [2.75, 3.05) is 25.2 Å². The molecule has 246 valence electrons. The number of benzene rings is 3. The third kappa shape index (κ3) is 6.48. The lowest BCUT2D eigenvalue weighted by molar-refractivity contribution is -0.117. The number of fused-ring (bicyclic) bond motifs is 1. The lowest BCUT2D eigenvalue weighted by Crippen LogP contribution is -2.31. The number of para-hydroxylation sites is 1. The van der Waals surface area contributed by atoms with Crippen molar-refractivity contribution in [1.82, 2.24) is 10.2 Å². The number of amides is 1. The summed E-state index contributed by atoms with van der Waals surface area (Å²) < 4.78 is 23.5. The summed E-state index contributed by atoms with van der Waals surface area (Å²) in [6.45, 7) is 6.08. The molecule has 10 nitrogen and oxygen atoms in total. The number of nitrogens with zero attached hydrogens (tertiary/aromatic N) is 3. The number of aromatic nitrogens is 2. The highest BCUT2D eigenvalue weighted by atomic mass is 35.5. The van der Waals surface area contributed by atoms with Gasteiger partial charge in [-0.05, 0) is 54.4 Å². The van der Waals surface area contributed by atoms with E-state index in [2.05, 4.69) is 16.8 Å². The minimum absolute atomic E-state index is 0.0833. The number of aliphatic hydroxyl groups is 1. The van der Waals surface area contributed by atoms with E-state index in [1.54, 1.807) is 60.7 Å². The molecule has 0 saturated heterocycles. The average molecular weight is 725 g/mol. The summed E-state index contributed by atoms with van der Waals surface area (Å²) in [5.41, 5.74) is 1.46. The van der Waals surface area contributed by atoms with Gasteiger partial charge in [-0.2, -0.15) is 0 Å². The van der Waals surface area contributed by atoms with Crippen LogP contribution in [0.15, 0.2) is 93.4 Å². The first kappa shape index (κ1) is 33.4. The first-order chi connectivity index (χ1) is 23.2. The van der Waals surface area contributed by atoms with Crippen LogP contribution in [0.1, 0.15) is 34.6 Å². The second kappa shape index (κ2) is 14.3. The van der Waals surface area contributed by atoms with E-state index in [-0.39, 0.29) is 23.1 Å². The number of aliphatic hydroxyl groups excluding tert-OH is 1. The van der Waals surface area contributed by atoms with Gasteiger partial charge in [0, 0.05) is 21.2 Å². The Bertz CT molecular complexity index is 2080. The fourth-order valence-corrected chi connectivity index (χ4v) is 7.59. The molecule has 3 heterocycles. The quantitative estimate of drug-likeness (QED) is 0.0546. The van der Waals surface area contributed by atoms with Crippen LogP contribution >= 0.6 is 46.3 Å². The van der Waals surface area contributed by atoms with Crippen LogP contribution in [-0.4, -0.2) is 47.3 Å². The molecule has 14 heteroatoms. The topological polar surface area (TPSA) is 124 Å². The molecule has 1 amide bonds. The second-order valence-electron chi connectivity index (χ2n) is 10.3. The maximum Gasteiger partial charge on any atom is 0.296 e. The zero-order chi connectivity index (χ0) is 33.9. The van der Waals surface area contributed by atoms with Crippen molar-refractivity contribution in [3.63, 3.8) is 0 Å².